The van der Waals surface area contributed by atoms with Gasteiger partial charge in [-0.25, -0.2) is 4.79 Å². The lowest BCUT2D eigenvalue weighted by Gasteiger charge is -2.03. The molecule has 88 valence electrons. The van der Waals surface area contributed by atoms with Gasteiger partial charge in [-0.05, 0) is 24.1 Å². The van der Waals surface area contributed by atoms with E-state index < -0.39 is 0 Å². The number of carbonyl (C=O) groups excluding carboxylic acids is 1. The summed E-state index contributed by atoms with van der Waals surface area (Å²) in [6.45, 7) is 3.73. The molecule has 17 heavy (non-hydrogen) atoms. The summed E-state index contributed by atoms with van der Waals surface area (Å²) in [4.78, 5) is 14.6. The number of halogens is 1. The van der Waals surface area contributed by atoms with Crippen LogP contribution in [-0.4, -0.2) is 18.1 Å². The minimum Gasteiger partial charge on any atom is -0.465 e. The van der Waals surface area contributed by atoms with Gasteiger partial charge in [-0.1, -0.05) is 22.0 Å². The number of ether oxygens (including phenoxy) is 1. The molecule has 0 aliphatic rings. The number of benzene rings is 1. The largest absolute Gasteiger partial charge is 0.465 e. The first-order valence-electron chi connectivity index (χ1n) is 5.16. The average molecular weight is 294 g/mol. The first kappa shape index (κ1) is 11.9. The van der Waals surface area contributed by atoms with Crippen LogP contribution in [0.2, 0.25) is 0 Å². The second-order valence-corrected chi connectivity index (χ2v) is 4.53. The number of esters is 1. The van der Waals surface area contributed by atoms with Gasteiger partial charge in [0.25, 0.3) is 0 Å². The molecule has 0 bridgehead atoms. The Bertz CT molecular complexity index is 586. The maximum atomic E-state index is 11.5. The predicted molar refractivity (Wildman–Crippen MR) is 71.2 cm³/mol. The van der Waals surface area contributed by atoms with Crippen molar-refractivity contribution in [2.75, 3.05) is 7.11 Å². The third-order valence-corrected chi connectivity index (χ3v) is 3.22. The Labute approximate surface area is 108 Å². The molecule has 1 heterocycles. The minimum atomic E-state index is -0.340. The molecule has 1 N–H and O–H groups in total. The van der Waals surface area contributed by atoms with Gasteiger partial charge in [-0.2, -0.15) is 0 Å². The number of methoxy groups -OCH3 is 1. The van der Waals surface area contributed by atoms with Crippen molar-refractivity contribution < 1.29 is 9.53 Å². The number of aromatic nitrogens is 1. The van der Waals surface area contributed by atoms with Crippen LogP contribution in [-0.2, 0) is 11.2 Å². The Morgan fingerprint density at radius 3 is 3.00 bits per heavy atom. The molecule has 0 saturated carbocycles. The third-order valence-electron chi connectivity index (χ3n) is 2.60. The maximum absolute atomic E-state index is 11.5. The smallest absolute Gasteiger partial charge is 0.337 e. The highest BCUT2D eigenvalue weighted by Gasteiger charge is 2.12. The molecule has 0 radical (unpaired) electrons. The zero-order valence-electron chi connectivity index (χ0n) is 9.42. The highest BCUT2D eigenvalue weighted by molar-refractivity contribution is 9.10. The number of fused-ring (bicyclic) bond motifs is 1. The van der Waals surface area contributed by atoms with E-state index in [9.17, 15) is 4.79 Å². The van der Waals surface area contributed by atoms with Crippen molar-refractivity contribution in [3.8, 4) is 0 Å². The molecule has 3 nitrogen and oxygen atoms in total. The molecule has 1 aromatic heterocycles. The maximum Gasteiger partial charge on any atom is 0.337 e. The molecule has 2 aromatic rings. The average Bonchev–Trinajstić information content (AvgIpc) is 2.72. The van der Waals surface area contributed by atoms with Crippen LogP contribution in [0, 0.1) is 0 Å². The molecular formula is C13H12BrNO2. The second-order valence-electron chi connectivity index (χ2n) is 3.68. The molecule has 0 aliphatic carbocycles. The van der Waals surface area contributed by atoms with Gasteiger partial charge in [0.2, 0.25) is 0 Å². The molecule has 0 amide bonds. The Balaban J connectivity index is 2.61. The van der Waals surface area contributed by atoms with Crippen LogP contribution in [0.5, 0.6) is 0 Å². The fraction of sp³-hybridized carbons (Fsp3) is 0.154. The summed E-state index contributed by atoms with van der Waals surface area (Å²) in [7, 11) is 1.37. The highest BCUT2D eigenvalue weighted by Crippen LogP contribution is 2.29. The van der Waals surface area contributed by atoms with Crippen LogP contribution in [0.4, 0.5) is 0 Å². The van der Waals surface area contributed by atoms with Crippen molar-refractivity contribution in [2.24, 2.45) is 0 Å². The highest BCUT2D eigenvalue weighted by atomic mass is 79.9. The number of hydrogen-bond donors (Lipinski definition) is 1. The van der Waals surface area contributed by atoms with Crippen LogP contribution in [0.15, 0.2) is 35.5 Å². The van der Waals surface area contributed by atoms with Gasteiger partial charge in [-0.15, -0.1) is 6.58 Å². The Morgan fingerprint density at radius 1 is 1.59 bits per heavy atom. The van der Waals surface area contributed by atoms with E-state index in [1.54, 1.807) is 12.1 Å². The number of hydrogen-bond acceptors (Lipinski definition) is 2. The molecule has 4 heteroatoms. The van der Waals surface area contributed by atoms with Crippen molar-refractivity contribution in [1.29, 1.82) is 0 Å². The summed E-state index contributed by atoms with van der Waals surface area (Å²) in [6.07, 6.45) is 4.57. The number of aromatic amines is 1. The van der Waals surface area contributed by atoms with Gasteiger partial charge in [0, 0.05) is 21.6 Å². The van der Waals surface area contributed by atoms with Gasteiger partial charge in [0.15, 0.2) is 0 Å². The van der Waals surface area contributed by atoms with E-state index in [0.29, 0.717) is 5.56 Å². The Morgan fingerprint density at radius 2 is 2.35 bits per heavy atom. The Kier molecular flexibility index (Phi) is 3.33. The number of H-pyrrole nitrogens is 1. The van der Waals surface area contributed by atoms with Crippen molar-refractivity contribution >= 4 is 32.8 Å². The summed E-state index contributed by atoms with van der Waals surface area (Å²) in [5.74, 6) is -0.340. The fourth-order valence-electron chi connectivity index (χ4n) is 1.84. The quantitative estimate of drug-likeness (QED) is 0.696. The zero-order chi connectivity index (χ0) is 12.4. The van der Waals surface area contributed by atoms with E-state index in [0.717, 1.165) is 27.4 Å². The normalized spacial score (nSPS) is 10.5. The number of nitrogens with one attached hydrogen (secondary N) is 1. The van der Waals surface area contributed by atoms with Crippen LogP contribution in [0.3, 0.4) is 0 Å². The summed E-state index contributed by atoms with van der Waals surface area (Å²) in [6, 6.07) is 3.56. The van der Waals surface area contributed by atoms with Gasteiger partial charge in [0.1, 0.15) is 0 Å². The monoisotopic (exact) mass is 293 g/mol. The fourth-order valence-corrected chi connectivity index (χ4v) is 2.55. The first-order chi connectivity index (χ1) is 8.17. The van der Waals surface area contributed by atoms with Crippen molar-refractivity contribution in [1.82, 2.24) is 4.98 Å². The minimum absolute atomic E-state index is 0.340. The molecule has 1 aromatic carbocycles. The molecule has 0 aliphatic heterocycles. The van der Waals surface area contributed by atoms with Crippen molar-refractivity contribution in [3.05, 3.63) is 46.6 Å². The van der Waals surface area contributed by atoms with Crippen LogP contribution in [0.25, 0.3) is 10.9 Å². The summed E-state index contributed by atoms with van der Waals surface area (Å²) < 4.78 is 5.59. The van der Waals surface area contributed by atoms with E-state index in [1.165, 1.54) is 7.11 Å². The molecule has 0 atom stereocenters. The summed E-state index contributed by atoms with van der Waals surface area (Å²) in [5.41, 5.74) is 2.59. The van der Waals surface area contributed by atoms with Crippen LogP contribution in [0.1, 0.15) is 15.9 Å². The molecule has 0 spiro atoms. The topological polar surface area (TPSA) is 42.1 Å². The number of rotatable bonds is 3. The molecule has 0 saturated heterocycles. The van der Waals surface area contributed by atoms with Crippen LogP contribution >= 0.6 is 15.9 Å². The molecule has 0 fully saturated rings. The zero-order valence-corrected chi connectivity index (χ0v) is 11.0. The number of carbonyl (C=O) groups is 1. The van der Waals surface area contributed by atoms with Gasteiger partial charge < -0.3 is 9.72 Å². The van der Waals surface area contributed by atoms with E-state index >= 15 is 0 Å². The van der Waals surface area contributed by atoms with E-state index in [2.05, 4.69) is 27.5 Å². The van der Waals surface area contributed by atoms with Crippen molar-refractivity contribution in [3.63, 3.8) is 0 Å². The van der Waals surface area contributed by atoms with Gasteiger partial charge >= 0.3 is 5.97 Å². The molecular weight excluding hydrogens is 282 g/mol. The standard InChI is InChI=1S/C13H12BrNO2/c1-3-4-8-7-15-11-6-9(13(16)17-2)5-10(14)12(8)11/h3,5-7,15H,1,4H2,2H3. The van der Waals surface area contributed by atoms with Crippen LogP contribution < -0.4 is 0 Å². The van der Waals surface area contributed by atoms with E-state index in [4.69, 9.17) is 4.74 Å². The number of allylic oxidation sites excluding steroid dienone is 1. The predicted octanol–water partition coefficient (Wildman–Crippen LogP) is 3.45. The van der Waals surface area contributed by atoms with Gasteiger partial charge in [-0.3, -0.25) is 0 Å². The first-order valence-corrected chi connectivity index (χ1v) is 5.95. The van der Waals surface area contributed by atoms with Gasteiger partial charge in [0.05, 0.1) is 12.7 Å². The Hall–Kier alpha value is -1.55. The lowest BCUT2D eigenvalue weighted by molar-refractivity contribution is 0.0601. The lowest BCUT2D eigenvalue weighted by atomic mass is 10.1. The lowest BCUT2D eigenvalue weighted by Crippen LogP contribution is -2.00. The second kappa shape index (κ2) is 4.75. The van der Waals surface area contributed by atoms with E-state index in [1.807, 2.05) is 12.3 Å². The van der Waals surface area contributed by atoms with Crippen molar-refractivity contribution in [2.45, 2.75) is 6.42 Å². The van der Waals surface area contributed by atoms with E-state index in [-0.39, 0.29) is 5.97 Å². The molecule has 2 rings (SSSR count). The molecule has 0 unspecified atom stereocenters. The SMILES string of the molecule is C=CCc1c[nH]c2cc(C(=O)OC)cc(Br)c12. The summed E-state index contributed by atoms with van der Waals surface area (Å²) in [5, 5.41) is 1.08. The summed E-state index contributed by atoms with van der Waals surface area (Å²) >= 11 is 3.48. The third kappa shape index (κ3) is 2.13.